The largest absolute Gasteiger partial charge is 0.404 e. The fourth-order valence-corrected chi connectivity index (χ4v) is 3.68. The number of amides is 1. The lowest BCUT2D eigenvalue weighted by molar-refractivity contribution is -0.119. The molecule has 3 aromatic rings. The van der Waals surface area contributed by atoms with Crippen LogP contribution in [0.5, 0.6) is 0 Å². The number of carbonyl (C=O) groups is 1. The first-order valence-corrected chi connectivity index (χ1v) is 9.04. The van der Waals surface area contributed by atoms with E-state index in [4.69, 9.17) is 4.42 Å². The molecule has 1 amide bonds. The Kier molecular flexibility index (Phi) is 4.39. The highest BCUT2D eigenvalue weighted by molar-refractivity contribution is 5.93. The third-order valence-corrected chi connectivity index (χ3v) is 4.95. The van der Waals surface area contributed by atoms with Crippen LogP contribution in [0.4, 0.5) is 5.82 Å². The third-order valence-electron chi connectivity index (χ3n) is 4.95. The molecule has 6 nitrogen and oxygen atoms in total. The molecule has 0 radical (unpaired) electrons. The Hall–Kier alpha value is -3.15. The van der Waals surface area contributed by atoms with Crippen LogP contribution in [0, 0.1) is 6.92 Å². The highest BCUT2D eigenvalue weighted by Gasteiger charge is 2.24. The maximum Gasteiger partial charge on any atom is 0.338 e. The fraction of sp³-hybridized carbons (Fsp3) is 0.286. The predicted octanol–water partition coefficient (Wildman–Crippen LogP) is 2.88. The van der Waals surface area contributed by atoms with Crippen molar-refractivity contribution in [2.75, 3.05) is 18.0 Å². The number of aryl methyl sites for hydroxylation is 1. The Labute approximate surface area is 156 Å². The molecule has 0 saturated carbocycles. The fourth-order valence-electron chi connectivity index (χ4n) is 3.68. The van der Waals surface area contributed by atoms with E-state index >= 15 is 0 Å². The molecule has 1 fully saturated rings. The molecule has 3 heterocycles. The van der Waals surface area contributed by atoms with Gasteiger partial charge in [0.1, 0.15) is 5.82 Å². The van der Waals surface area contributed by atoms with Crippen molar-refractivity contribution in [3.63, 3.8) is 0 Å². The quantitative estimate of drug-likeness (QED) is 0.774. The SMILES string of the molecule is CC(=O)NC1CCN(c2ccc3c(-c4ccccc4C)cc(=O)oc3n2)C1. The van der Waals surface area contributed by atoms with E-state index < -0.39 is 5.63 Å². The summed E-state index contributed by atoms with van der Waals surface area (Å²) in [7, 11) is 0. The number of benzene rings is 1. The molecule has 1 atom stereocenters. The lowest BCUT2D eigenvalue weighted by atomic mass is 9.99. The first-order chi connectivity index (χ1) is 13.0. The number of fused-ring (bicyclic) bond motifs is 1. The molecule has 6 heteroatoms. The van der Waals surface area contributed by atoms with E-state index in [1.54, 1.807) is 0 Å². The van der Waals surface area contributed by atoms with Crippen LogP contribution in [0.3, 0.4) is 0 Å². The first-order valence-electron chi connectivity index (χ1n) is 9.04. The summed E-state index contributed by atoms with van der Waals surface area (Å²) >= 11 is 0. The summed E-state index contributed by atoms with van der Waals surface area (Å²) < 4.78 is 5.39. The van der Waals surface area contributed by atoms with E-state index in [1.807, 2.05) is 43.3 Å². The number of hydrogen-bond acceptors (Lipinski definition) is 5. The summed E-state index contributed by atoms with van der Waals surface area (Å²) in [5, 5.41) is 3.75. The highest BCUT2D eigenvalue weighted by Crippen LogP contribution is 2.30. The normalized spacial score (nSPS) is 16.7. The van der Waals surface area contributed by atoms with Crippen molar-refractivity contribution in [1.82, 2.24) is 10.3 Å². The van der Waals surface area contributed by atoms with Gasteiger partial charge in [0.25, 0.3) is 0 Å². The van der Waals surface area contributed by atoms with Crippen LogP contribution in [-0.2, 0) is 4.79 Å². The molecule has 1 unspecified atom stereocenters. The molecule has 1 aromatic carbocycles. The Morgan fingerprint density at radius 3 is 2.81 bits per heavy atom. The standard InChI is InChI=1S/C21H21N3O3/c1-13-5-3-4-6-16(13)18-11-20(26)27-21-17(18)7-8-19(23-21)24-10-9-15(12-24)22-14(2)25/h3-8,11,15H,9-10,12H2,1-2H3,(H,22,25). The number of hydrogen-bond donors (Lipinski definition) is 1. The Morgan fingerprint density at radius 1 is 1.22 bits per heavy atom. The second-order valence-electron chi connectivity index (χ2n) is 6.95. The zero-order chi connectivity index (χ0) is 19.0. The van der Waals surface area contributed by atoms with Gasteiger partial charge in [-0.15, -0.1) is 0 Å². The lowest BCUT2D eigenvalue weighted by Gasteiger charge is -2.18. The first kappa shape index (κ1) is 17.3. The van der Waals surface area contributed by atoms with Crippen molar-refractivity contribution in [1.29, 1.82) is 0 Å². The van der Waals surface area contributed by atoms with E-state index in [0.29, 0.717) is 12.3 Å². The number of rotatable bonds is 3. The van der Waals surface area contributed by atoms with Gasteiger partial charge in [-0.2, -0.15) is 4.98 Å². The molecule has 1 saturated heterocycles. The van der Waals surface area contributed by atoms with Crippen molar-refractivity contribution < 1.29 is 9.21 Å². The molecule has 0 aliphatic carbocycles. The summed E-state index contributed by atoms with van der Waals surface area (Å²) in [5.41, 5.74) is 2.84. The number of aromatic nitrogens is 1. The summed E-state index contributed by atoms with van der Waals surface area (Å²) in [6.45, 7) is 5.04. The lowest BCUT2D eigenvalue weighted by Crippen LogP contribution is -2.35. The van der Waals surface area contributed by atoms with Gasteiger partial charge < -0.3 is 14.6 Å². The van der Waals surface area contributed by atoms with Crippen LogP contribution in [0.25, 0.3) is 22.2 Å². The predicted molar refractivity (Wildman–Crippen MR) is 105 cm³/mol. The number of carbonyl (C=O) groups excluding carboxylic acids is 1. The monoisotopic (exact) mass is 363 g/mol. The zero-order valence-corrected chi connectivity index (χ0v) is 15.4. The van der Waals surface area contributed by atoms with Crippen molar-refractivity contribution >= 4 is 22.8 Å². The van der Waals surface area contributed by atoms with Crippen LogP contribution in [0.2, 0.25) is 0 Å². The highest BCUT2D eigenvalue weighted by atomic mass is 16.4. The average molecular weight is 363 g/mol. The molecule has 1 N–H and O–H groups in total. The van der Waals surface area contributed by atoms with Gasteiger partial charge >= 0.3 is 5.63 Å². The minimum absolute atomic E-state index is 0.0257. The molecule has 1 aliphatic heterocycles. The van der Waals surface area contributed by atoms with Crippen molar-refractivity contribution in [3.05, 3.63) is 58.4 Å². The van der Waals surface area contributed by atoms with E-state index in [1.165, 1.54) is 13.0 Å². The minimum Gasteiger partial charge on any atom is -0.404 e. The van der Waals surface area contributed by atoms with Crippen molar-refractivity contribution in [2.24, 2.45) is 0 Å². The molecule has 0 bridgehead atoms. The van der Waals surface area contributed by atoms with Gasteiger partial charge in [0.2, 0.25) is 11.6 Å². The van der Waals surface area contributed by atoms with Gasteiger partial charge in [-0.05, 0) is 36.6 Å². The van der Waals surface area contributed by atoms with Gasteiger partial charge in [-0.25, -0.2) is 4.79 Å². The molecule has 4 rings (SSSR count). The minimum atomic E-state index is -0.414. The van der Waals surface area contributed by atoms with Crippen molar-refractivity contribution in [3.8, 4) is 11.1 Å². The summed E-state index contributed by atoms with van der Waals surface area (Å²) in [5.74, 6) is 0.725. The second kappa shape index (κ2) is 6.87. The summed E-state index contributed by atoms with van der Waals surface area (Å²) in [4.78, 5) is 30.1. The molecular weight excluding hydrogens is 342 g/mol. The van der Waals surface area contributed by atoms with E-state index in [9.17, 15) is 9.59 Å². The smallest absolute Gasteiger partial charge is 0.338 e. The molecular formula is C21H21N3O3. The second-order valence-corrected chi connectivity index (χ2v) is 6.95. The molecule has 2 aromatic heterocycles. The topological polar surface area (TPSA) is 75.4 Å². The molecule has 0 spiro atoms. The van der Waals surface area contributed by atoms with Crippen LogP contribution in [-0.4, -0.2) is 30.0 Å². The Bertz CT molecular complexity index is 1070. The molecule has 27 heavy (non-hydrogen) atoms. The van der Waals surface area contributed by atoms with Gasteiger partial charge in [0, 0.05) is 43.1 Å². The van der Waals surface area contributed by atoms with Crippen LogP contribution in [0.1, 0.15) is 18.9 Å². The zero-order valence-electron chi connectivity index (χ0n) is 15.4. The maximum atomic E-state index is 12.1. The Balaban J connectivity index is 1.73. The van der Waals surface area contributed by atoms with Crippen molar-refractivity contribution in [2.45, 2.75) is 26.3 Å². The molecule has 1 aliphatic rings. The van der Waals surface area contributed by atoms with Gasteiger partial charge in [0.15, 0.2) is 0 Å². The van der Waals surface area contributed by atoms with Crippen LogP contribution in [0.15, 0.2) is 51.7 Å². The summed E-state index contributed by atoms with van der Waals surface area (Å²) in [6, 6.07) is 13.5. The summed E-state index contributed by atoms with van der Waals surface area (Å²) in [6.07, 6.45) is 0.868. The van der Waals surface area contributed by atoms with Gasteiger partial charge in [0.05, 0.1) is 0 Å². The van der Waals surface area contributed by atoms with E-state index in [0.717, 1.165) is 40.9 Å². The van der Waals surface area contributed by atoms with Crippen LogP contribution >= 0.6 is 0 Å². The number of nitrogens with zero attached hydrogens (tertiary/aromatic N) is 2. The van der Waals surface area contributed by atoms with E-state index in [-0.39, 0.29) is 11.9 Å². The Morgan fingerprint density at radius 2 is 2.04 bits per heavy atom. The molecule has 138 valence electrons. The average Bonchev–Trinajstić information content (AvgIpc) is 3.08. The third kappa shape index (κ3) is 3.43. The van der Waals surface area contributed by atoms with Crippen LogP contribution < -0.4 is 15.8 Å². The number of pyridine rings is 1. The maximum absolute atomic E-state index is 12.1. The van der Waals surface area contributed by atoms with E-state index in [2.05, 4.69) is 15.2 Å². The van der Waals surface area contributed by atoms with Gasteiger partial charge in [-0.1, -0.05) is 24.3 Å². The number of nitrogens with one attached hydrogen (secondary N) is 1. The number of anilines is 1. The van der Waals surface area contributed by atoms with Gasteiger partial charge in [-0.3, -0.25) is 4.79 Å².